The third-order valence-corrected chi connectivity index (χ3v) is 5.81. The van der Waals surface area contributed by atoms with Gasteiger partial charge in [-0.3, -0.25) is 9.52 Å². The van der Waals surface area contributed by atoms with Gasteiger partial charge in [0.15, 0.2) is 0 Å². The van der Waals surface area contributed by atoms with Crippen LogP contribution >= 0.6 is 11.9 Å². The lowest BCUT2D eigenvalue weighted by molar-refractivity contribution is -0.130. The summed E-state index contributed by atoms with van der Waals surface area (Å²) in [5.41, 5.74) is 2.88. The molecule has 1 amide bonds. The zero-order valence-electron chi connectivity index (χ0n) is 15.3. The van der Waals surface area contributed by atoms with Crippen LogP contribution in [0.4, 0.5) is 4.39 Å². The van der Waals surface area contributed by atoms with Crippen molar-refractivity contribution >= 4 is 28.8 Å². The first-order valence-electron chi connectivity index (χ1n) is 9.33. The number of hydrogen-bond acceptors (Lipinski definition) is 4. The van der Waals surface area contributed by atoms with E-state index in [1.807, 2.05) is 30.5 Å². The Labute approximate surface area is 167 Å². The number of fused-ring (bicyclic) bond motifs is 1. The number of H-pyrrole nitrogens is 1. The van der Waals surface area contributed by atoms with E-state index in [2.05, 4.69) is 9.71 Å². The van der Waals surface area contributed by atoms with Crippen LogP contribution in [0.1, 0.15) is 12.8 Å². The highest BCUT2D eigenvalue weighted by molar-refractivity contribution is 7.97. The lowest BCUT2D eigenvalue weighted by Gasteiger charge is -2.15. The number of nitrogens with one attached hydrogen (secondary N) is 2. The fourth-order valence-corrected chi connectivity index (χ4v) is 4.10. The molecule has 1 atom stereocenters. The summed E-state index contributed by atoms with van der Waals surface area (Å²) in [5, 5.41) is 10.5. The van der Waals surface area contributed by atoms with E-state index < -0.39 is 0 Å². The molecule has 1 aliphatic rings. The van der Waals surface area contributed by atoms with E-state index in [0.717, 1.165) is 26.9 Å². The van der Waals surface area contributed by atoms with E-state index >= 15 is 0 Å². The van der Waals surface area contributed by atoms with Crippen LogP contribution in [-0.2, 0) is 4.79 Å². The van der Waals surface area contributed by atoms with Gasteiger partial charge in [0.2, 0.25) is 5.91 Å². The average Bonchev–Trinajstić information content (AvgIpc) is 3.31. The summed E-state index contributed by atoms with van der Waals surface area (Å²) in [4.78, 5) is 17.9. The summed E-state index contributed by atoms with van der Waals surface area (Å²) in [6.07, 6.45) is 2.61. The minimum absolute atomic E-state index is 0.0794. The Balaban J connectivity index is 1.30. The smallest absolute Gasteiger partial charge is 0.223 e. The molecule has 1 saturated heterocycles. The van der Waals surface area contributed by atoms with Gasteiger partial charge in [0.1, 0.15) is 5.82 Å². The molecule has 0 radical (unpaired) electrons. The normalized spacial score (nSPS) is 16.8. The van der Waals surface area contributed by atoms with Gasteiger partial charge in [-0.2, -0.15) is 0 Å². The molecule has 4 rings (SSSR count). The molecule has 1 fully saturated rings. The maximum absolute atomic E-state index is 13.3. The Morgan fingerprint density at radius 2 is 2.11 bits per heavy atom. The van der Waals surface area contributed by atoms with E-state index in [-0.39, 0.29) is 17.8 Å². The number of aliphatic hydroxyl groups is 1. The van der Waals surface area contributed by atoms with Crippen molar-refractivity contribution in [1.82, 2.24) is 14.6 Å². The molecule has 0 bridgehead atoms. The predicted molar refractivity (Wildman–Crippen MR) is 109 cm³/mol. The lowest BCUT2D eigenvalue weighted by atomic mass is 10.1. The lowest BCUT2D eigenvalue weighted by Crippen LogP contribution is -2.31. The van der Waals surface area contributed by atoms with Crippen molar-refractivity contribution in [2.24, 2.45) is 0 Å². The number of carbonyl (C=O) groups excluding carboxylic acids is 1. The fraction of sp³-hybridized carbons (Fsp3) is 0.286. The summed E-state index contributed by atoms with van der Waals surface area (Å²) in [7, 11) is 0. The number of nitrogens with zero attached hydrogens (tertiary/aromatic N) is 1. The largest absolute Gasteiger partial charge is 0.391 e. The maximum Gasteiger partial charge on any atom is 0.223 e. The number of halogens is 1. The second-order valence-electron chi connectivity index (χ2n) is 6.95. The minimum Gasteiger partial charge on any atom is -0.391 e. The van der Waals surface area contributed by atoms with Crippen LogP contribution in [0.2, 0.25) is 0 Å². The molecular formula is C21H22FN3O2S. The molecular weight excluding hydrogens is 377 g/mol. The maximum atomic E-state index is 13.3. The number of β-amino-alcohol motifs (C(OH)–C–C–N with tert-alkyl or cyclic N) is 1. The molecule has 3 N–H and O–H groups in total. The van der Waals surface area contributed by atoms with Crippen LogP contribution in [-0.4, -0.2) is 46.6 Å². The zero-order valence-corrected chi connectivity index (χ0v) is 16.1. The highest BCUT2D eigenvalue weighted by Gasteiger charge is 2.23. The Morgan fingerprint density at radius 3 is 2.86 bits per heavy atom. The molecule has 0 aliphatic carbocycles. The van der Waals surface area contributed by atoms with Gasteiger partial charge >= 0.3 is 0 Å². The molecule has 3 aromatic rings. The first-order valence-corrected chi connectivity index (χ1v) is 10.1. The second kappa shape index (κ2) is 8.34. The zero-order chi connectivity index (χ0) is 19.5. The van der Waals surface area contributed by atoms with E-state index in [1.165, 1.54) is 24.1 Å². The van der Waals surface area contributed by atoms with Crippen LogP contribution in [0.5, 0.6) is 0 Å². The van der Waals surface area contributed by atoms with Crippen LogP contribution in [0, 0.1) is 5.82 Å². The van der Waals surface area contributed by atoms with Crippen molar-refractivity contribution in [2.45, 2.75) is 23.8 Å². The molecule has 1 aromatic heterocycles. The summed E-state index contributed by atoms with van der Waals surface area (Å²) in [5.74, 6) is -0.172. The monoisotopic (exact) mass is 399 g/mol. The van der Waals surface area contributed by atoms with Crippen LogP contribution < -0.4 is 4.72 Å². The van der Waals surface area contributed by atoms with Crippen molar-refractivity contribution in [3.8, 4) is 11.1 Å². The minimum atomic E-state index is -0.374. The number of aromatic amines is 1. The highest BCUT2D eigenvalue weighted by Crippen LogP contribution is 2.30. The molecule has 7 heteroatoms. The number of carbonyl (C=O) groups is 1. The van der Waals surface area contributed by atoms with Crippen molar-refractivity contribution < 1.29 is 14.3 Å². The summed E-state index contributed by atoms with van der Waals surface area (Å²) in [6, 6.07) is 12.9. The topological polar surface area (TPSA) is 68.4 Å². The van der Waals surface area contributed by atoms with Gasteiger partial charge in [-0.15, -0.1) is 0 Å². The van der Waals surface area contributed by atoms with E-state index in [0.29, 0.717) is 32.5 Å². The third kappa shape index (κ3) is 4.22. The molecule has 5 nitrogen and oxygen atoms in total. The van der Waals surface area contributed by atoms with Crippen LogP contribution in [0.25, 0.3) is 22.0 Å². The van der Waals surface area contributed by atoms with Gasteiger partial charge in [0.25, 0.3) is 0 Å². The first kappa shape index (κ1) is 19.0. The van der Waals surface area contributed by atoms with Gasteiger partial charge in [-0.1, -0.05) is 12.1 Å². The van der Waals surface area contributed by atoms with Crippen LogP contribution in [0.3, 0.4) is 0 Å². The van der Waals surface area contributed by atoms with Gasteiger partial charge in [0.05, 0.1) is 6.10 Å². The quantitative estimate of drug-likeness (QED) is 0.438. The number of rotatable bonds is 6. The van der Waals surface area contributed by atoms with Crippen molar-refractivity contribution in [3.05, 3.63) is 54.5 Å². The average molecular weight is 399 g/mol. The van der Waals surface area contributed by atoms with E-state index in [4.69, 9.17) is 0 Å². The molecule has 0 spiro atoms. The number of amides is 1. The molecule has 0 unspecified atom stereocenters. The van der Waals surface area contributed by atoms with Gasteiger partial charge < -0.3 is 15.0 Å². The Morgan fingerprint density at radius 1 is 1.29 bits per heavy atom. The number of benzene rings is 2. The third-order valence-electron chi connectivity index (χ3n) is 4.96. The van der Waals surface area contributed by atoms with Gasteiger partial charge in [0, 0.05) is 53.6 Å². The summed E-state index contributed by atoms with van der Waals surface area (Å²) >= 11 is 1.49. The number of likely N-dealkylation sites (tertiary alicyclic amines) is 1. The molecule has 0 saturated carbocycles. The van der Waals surface area contributed by atoms with Crippen molar-refractivity contribution in [3.63, 3.8) is 0 Å². The second-order valence-corrected chi connectivity index (χ2v) is 7.91. The molecule has 2 aromatic carbocycles. The van der Waals surface area contributed by atoms with Crippen molar-refractivity contribution in [2.75, 3.05) is 19.6 Å². The predicted octanol–water partition coefficient (Wildman–Crippen LogP) is 3.55. The van der Waals surface area contributed by atoms with E-state index in [9.17, 15) is 14.3 Å². The number of aromatic nitrogens is 1. The molecule has 1 aliphatic heterocycles. The van der Waals surface area contributed by atoms with Gasteiger partial charge in [-0.05, 0) is 54.3 Å². The number of aliphatic hydroxyl groups excluding tert-OH is 1. The highest BCUT2D eigenvalue weighted by atomic mass is 32.2. The van der Waals surface area contributed by atoms with E-state index in [1.54, 1.807) is 11.0 Å². The van der Waals surface area contributed by atoms with Crippen LogP contribution in [0.15, 0.2) is 53.6 Å². The van der Waals surface area contributed by atoms with Crippen molar-refractivity contribution in [1.29, 1.82) is 0 Å². The summed E-state index contributed by atoms with van der Waals surface area (Å²) in [6.45, 7) is 1.68. The molecule has 28 heavy (non-hydrogen) atoms. The Hall–Kier alpha value is -2.35. The Kier molecular flexibility index (Phi) is 5.66. The standard InChI is InChI=1S/C21H22FN3O2S/c22-15-3-6-18-19(12-23-20(18)11-15)14-1-4-17(5-2-14)28-24-9-7-21(27)25-10-8-16(26)13-25/h1-6,11-12,16,23-24,26H,7-10,13H2/t16-/m1/s1. The first-order chi connectivity index (χ1) is 13.6. The molecule has 146 valence electrons. The fourth-order valence-electron chi connectivity index (χ4n) is 3.46. The molecule has 2 heterocycles. The summed E-state index contributed by atoms with van der Waals surface area (Å²) < 4.78 is 16.6. The van der Waals surface area contributed by atoms with Gasteiger partial charge in [-0.25, -0.2) is 4.39 Å². The Bertz CT molecular complexity index is 973. The SMILES string of the molecule is O=C(CCNSc1ccc(-c2c[nH]c3cc(F)ccc23)cc1)N1CC[C@@H](O)C1. The number of hydrogen-bond donors (Lipinski definition) is 3.